The van der Waals surface area contributed by atoms with Gasteiger partial charge in [-0.2, -0.15) is 0 Å². The smallest absolute Gasteiger partial charge is 0.251 e. The molecule has 0 spiro atoms. The van der Waals surface area contributed by atoms with Gasteiger partial charge in [-0.05, 0) is 50.1 Å². The molecule has 1 aliphatic rings. The van der Waals surface area contributed by atoms with E-state index in [-0.39, 0.29) is 16.8 Å². The molecular formula is C21H27N3O3S. The molecule has 2 aromatic carbocycles. The molecule has 2 aromatic rings. The average Bonchev–Trinajstić information content (AvgIpc) is 2.70. The quantitative estimate of drug-likeness (QED) is 0.779. The number of rotatable bonds is 6. The molecule has 0 bridgehead atoms. The van der Waals surface area contributed by atoms with Gasteiger partial charge in [-0.15, -0.1) is 0 Å². The van der Waals surface area contributed by atoms with Crippen LogP contribution in [-0.4, -0.2) is 45.4 Å². The highest BCUT2D eigenvalue weighted by Gasteiger charge is 2.23. The Kier molecular flexibility index (Phi) is 6.49. The van der Waals surface area contributed by atoms with Gasteiger partial charge < -0.3 is 5.32 Å². The van der Waals surface area contributed by atoms with Crippen LogP contribution in [0.1, 0.15) is 34.3 Å². The third kappa shape index (κ3) is 4.98. The van der Waals surface area contributed by atoms with Crippen molar-refractivity contribution in [3.05, 3.63) is 65.2 Å². The van der Waals surface area contributed by atoms with Gasteiger partial charge in [-0.25, -0.2) is 13.1 Å². The summed E-state index contributed by atoms with van der Waals surface area (Å²) >= 11 is 0. The van der Waals surface area contributed by atoms with Gasteiger partial charge >= 0.3 is 0 Å². The predicted octanol–water partition coefficient (Wildman–Crippen LogP) is 2.30. The van der Waals surface area contributed by atoms with Crippen molar-refractivity contribution in [1.29, 1.82) is 0 Å². The van der Waals surface area contributed by atoms with E-state index in [1.165, 1.54) is 24.7 Å². The van der Waals surface area contributed by atoms with E-state index in [2.05, 4.69) is 27.1 Å². The zero-order valence-electron chi connectivity index (χ0n) is 16.3. The summed E-state index contributed by atoms with van der Waals surface area (Å²) in [6.45, 7) is 4.58. The second-order valence-electron chi connectivity index (χ2n) is 7.19. The van der Waals surface area contributed by atoms with Crippen LogP contribution >= 0.6 is 0 Å². The normalized spacial score (nSPS) is 16.1. The second kappa shape index (κ2) is 8.86. The number of nitrogens with one attached hydrogen (secondary N) is 2. The molecule has 1 amide bonds. The minimum atomic E-state index is -3.58. The van der Waals surface area contributed by atoms with Crippen LogP contribution in [0.5, 0.6) is 0 Å². The summed E-state index contributed by atoms with van der Waals surface area (Å²) in [5.74, 6) is -0.216. The van der Waals surface area contributed by atoms with E-state index < -0.39 is 10.0 Å². The summed E-state index contributed by atoms with van der Waals surface area (Å²) in [6, 6.07) is 15.1. The number of piperidine rings is 1. The van der Waals surface area contributed by atoms with E-state index in [1.54, 1.807) is 6.07 Å². The first-order valence-electron chi connectivity index (χ1n) is 9.50. The van der Waals surface area contributed by atoms with Crippen LogP contribution in [0.3, 0.4) is 0 Å². The monoisotopic (exact) mass is 401 g/mol. The van der Waals surface area contributed by atoms with E-state index in [4.69, 9.17) is 0 Å². The third-order valence-corrected chi connectivity index (χ3v) is 6.62. The molecule has 6 nitrogen and oxygen atoms in total. The highest BCUT2D eigenvalue weighted by molar-refractivity contribution is 7.89. The fraction of sp³-hybridized carbons (Fsp3) is 0.381. The number of aryl methyl sites for hydroxylation is 1. The van der Waals surface area contributed by atoms with Crippen molar-refractivity contribution in [3.8, 4) is 0 Å². The number of carbonyl (C=O) groups excluding carboxylic acids is 1. The van der Waals surface area contributed by atoms with Crippen molar-refractivity contribution < 1.29 is 13.2 Å². The first kappa shape index (κ1) is 20.5. The number of nitrogens with zero attached hydrogens (tertiary/aromatic N) is 1. The van der Waals surface area contributed by atoms with Crippen molar-refractivity contribution in [1.82, 2.24) is 14.9 Å². The largest absolute Gasteiger partial charge is 0.349 e. The molecule has 7 heteroatoms. The lowest BCUT2D eigenvalue weighted by Gasteiger charge is -2.32. The average molecular weight is 402 g/mol. The Bertz CT molecular complexity index is 921. The zero-order valence-corrected chi connectivity index (χ0v) is 17.1. The predicted molar refractivity (Wildman–Crippen MR) is 110 cm³/mol. The van der Waals surface area contributed by atoms with Gasteiger partial charge in [0, 0.05) is 31.2 Å². The van der Waals surface area contributed by atoms with Crippen molar-refractivity contribution >= 4 is 15.9 Å². The third-order valence-electron chi connectivity index (χ3n) is 5.20. The first-order valence-corrected chi connectivity index (χ1v) is 11.0. The van der Waals surface area contributed by atoms with Crippen molar-refractivity contribution in [2.75, 3.05) is 20.1 Å². The fourth-order valence-corrected chi connectivity index (χ4v) is 4.23. The second-order valence-corrected chi connectivity index (χ2v) is 9.08. The molecular weight excluding hydrogens is 374 g/mol. The Morgan fingerprint density at radius 2 is 1.79 bits per heavy atom. The molecule has 2 N–H and O–H groups in total. The molecule has 1 heterocycles. The van der Waals surface area contributed by atoms with Crippen LogP contribution < -0.4 is 10.0 Å². The van der Waals surface area contributed by atoms with Gasteiger partial charge in [-0.3, -0.25) is 9.69 Å². The van der Waals surface area contributed by atoms with Gasteiger partial charge in [0.25, 0.3) is 5.91 Å². The molecule has 0 saturated carbocycles. The van der Waals surface area contributed by atoms with Crippen LogP contribution in [0.15, 0.2) is 53.4 Å². The minimum Gasteiger partial charge on any atom is -0.349 e. The maximum absolute atomic E-state index is 12.7. The number of hydrogen-bond donors (Lipinski definition) is 2. The molecule has 28 heavy (non-hydrogen) atoms. The molecule has 1 saturated heterocycles. The van der Waals surface area contributed by atoms with Crippen molar-refractivity contribution in [2.45, 2.75) is 37.2 Å². The SMILES string of the molecule is CNS(=O)(=O)c1ccc(C)c(C(=O)NC2CCN(Cc3ccccc3)CC2)c1. The summed E-state index contributed by atoms with van der Waals surface area (Å²) in [4.78, 5) is 15.2. The van der Waals surface area contributed by atoms with Crippen molar-refractivity contribution in [2.24, 2.45) is 0 Å². The lowest BCUT2D eigenvalue weighted by molar-refractivity contribution is 0.0908. The van der Waals surface area contributed by atoms with E-state index in [1.807, 2.05) is 25.1 Å². The van der Waals surface area contributed by atoms with E-state index >= 15 is 0 Å². The van der Waals surface area contributed by atoms with E-state index in [0.717, 1.165) is 38.0 Å². The number of carbonyl (C=O) groups is 1. The summed E-state index contributed by atoms with van der Waals surface area (Å²) in [7, 11) is -2.22. The Balaban J connectivity index is 1.59. The van der Waals surface area contributed by atoms with Gasteiger partial charge in [0.15, 0.2) is 0 Å². The highest BCUT2D eigenvalue weighted by Crippen LogP contribution is 2.18. The number of likely N-dealkylation sites (tertiary alicyclic amines) is 1. The van der Waals surface area contributed by atoms with Crippen LogP contribution in [0.25, 0.3) is 0 Å². The lowest BCUT2D eigenvalue weighted by atomic mass is 10.0. The minimum absolute atomic E-state index is 0.100. The molecule has 0 aliphatic carbocycles. The number of benzene rings is 2. The maximum atomic E-state index is 12.7. The molecule has 1 fully saturated rings. The Hall–Kier alpha value is -2.22. The molecule has 3 rings (SSSR count). The Labute approximate surface area is 167 Å². The summed E-state index contributed by atoms with van der Waals surface area (Å²) in [5.41, 5.74) is 2.46. The van der Waals surface area contributed by atoms with Gasteiger partial charge in [0.2, 0.25) is 10.0 Å². The van der Waals surface area contributed by atoms with E-state index in [9.17, 15) is 13.2 Å². The topological polar surface area (TPSA) is 78.5 Å². The zero-order chi connectivity index (χ0) is 20.1. The summed E-state index contributed by atoms with van der Waals surface area (Å²) in [6.07, 6.45) is 1.76. The van der Waals surface area contributed by atoms with Crippen LogP contribution in [0, 0.1) is 6.92 Å². The van der Waals surface area contributed by atoms with Crippen LogP contribution in [0.2, 0.25) is 0 Å². The first-order chi connectivity index (χ1) is 13.4. The highest BCUT2D eigenvalue weighted by atomic mass is 32.2. The molecule has 150 valence electrons. The van der Waals surface area contributed by atoms with Crippen molar-refractivity contribution in [3.63, 3.8) is 0 Å². The van der Waals surface area contributed by atoms with Gasteiger partial charge in [0.1, 0.15) is 0 Å². The van der Waals surface area contributed by atoms with Crippen LogP contribution in [0.4, 0.5) is 0 Å². The van der Waals surface area contributed by atoms with Crippen LogP contribution in [-0.2, 0) is 16.6 Å². The number of amides is 1. The van der Waals surface area contributed by atoms with E-state index in [0.29, 0.717) is 5.56 Å². The fourth-order valence-electron chi connectivity index (χ4n) is 3.47. The van der Waals surface area contributed by atoms with Gasteiger partial charge in [-0.1, -0.05) is 36.4 Å². The Morgan fingerprint density at radius 1 is 1.11 bits per heavy atom. The molecule has 0 unspecified atom stereocenters. The molecule has 1 aliphatic heterocycles. The summed E-state index contributed by atoms with van der Waals surface area (Å²) in [5, 5.41) is 3.08. The Morgan fingerprint density at radius 3 is 2.43 bits per heavy atom. The number of hydrogen-bond acceptors (Lipinski definition) is 4. The molecule has 0 aromatic heterocycles. The standard InChI is InChI=1S/C21H27N3O3S/c1-16-8-9-19(28(26,27)22-2)14-20(16)21(25)23-18-10-12-24(13-11-18)15-17-6-4-3-5-7-17/h3-9,14,18,22H,10-13,15H2,1-2H3,(H,23,25). The molecule has 0 radical (unpaired) electrons. The lowest BCUT2D eigenvalue weighted by Crippen LogP contribution is -2.44. The molecule has 0 atom stereocenters. The summed E-state index contributed by atoms with van der Waals surface area (Å²) < 4.78 is 26.3. The van der Waals surface area contributed by atoms with Gasteiger partial charge in [0.05, 0.1) is 4.90 Å². The maximum Gasteiger partial charge on any atom is 0.251 e. The number of sulfonamides is 1.